The van der Waals surface area contributed by atoms with Crippen molar-refractivity contribution < 1.29 is 23.8 Å². The predicted octanol–water partition coefficient (Wildman–Crippen LogP) is 6.03. The standard InChI is InChI=1S/C29H33FN2O4S/c1-19-14-20(16-32-10-12-35-13-11-32)2-3-23(19)17-36-27-9-8-24(30)15-25(27)26-18-37-28(31-26)21-4-6-22(7-5-21)29(33)34/h2-3,8-9,14-15,18,21-22H,4-7,10-13,16-17H2,1H3,(H,33,34). The Morgan fingerprint density at radius 1 is 1.16 bits per heavy atom. The number of aliphatic carboxylic acids is 1. The van der Waals surface area contributed by atoms with Crippen LogP contribution >= 0.6 is 11.3 Å². The van der Waals surface area contributed by atoms with E-state index in [1.807, 2.05) is 5.38 Å². The number of nitrogens with zero attached hydrogens (tertiary/aromatic N) is 2. The first-order valence-electron chi connectivity index (χ1n) is 13.0. The number of benzene rings is 2. The van der Waals surface area contributed by atoms with Crippen LogP contribution in [0, 0.1) is 18.7 Å². The largest absolute Gasteiger partial charge is 0.488 e. The van der Waals surface area contributed by atoms with Crippen LogP contribution < -0.4 is 4.74 Å². The molecule has 1 aliphatic carbocycles. The summed E-state index contributed by atoms with van der Waals surface area (Å²) in [6.45, 7) is 6.89. The smallest absolute Gasteiger partial charge is 0.306 e. The Hall–Kier alpha value is -2.81. The lowest BCUT2D eigenvalue weighted by Gasteiger charge is -2.26. The van der Waals surface area contributed by atoms with Crippen molar-refractivity contribution in [3.63, 3.8) is 0 Å². The number of carboxylic acid groups (broad SMARTS) is 1. The van der Waals surface area contributed by atoms with Gasteiger partial charge >= 0.3 is 5.97 Å². The van der Waals surface area contributed by atoms with Gasteiger partial charge in [0.15, 0.2) is 0 Å². The van der Waals surface area contributed by atoms with Crippen LogP contribution in [0.25, 0.3) is 11.3 Å². The Morgan fingerprint density at radius 2 is 1.95 bits per heavy atom. The molecule has 2 heterocycles. The number of morpholine rings is 1. The molecule has 8 heteroatoms. The Balaban J connectivity index is 1.26. The number of carboxylic acids is 1. The summed E-state index contributed by atoms with van der Waals surface area (Å²) in [5.41, 5.74) is 4.88. The fourth-order valence-electron chi connectivity index (χ4n) is 5.21. The molecule has 1 aromatic heterocycles. The molecule has 0 bridgehead atoms. The predicted molar refractivity (Wildman–Crippen MR) is 141 cm³/mol. The van der Waals surface area contributed by atoms with Gasteiger partial charge in [0.1, 0.15) is 18.2 Å². The number of halogens is 1. The molecule has 2 aliphatic rings. The number of aromatic nitrogens is 1. The number of hydrogen-bond donors (Lipinski definition) is 1. The number of rotatable bonds is 8. The molecule has 2 aromatic carbocycles. The number of carbonyl (C=O) groups is 1. The first kappa shape index (κ1) is 25.8. The minimum Gasteiger partial charge on any atom is -0.488 e. The Kier molecular flexibility index (Phi) is 8.17. The molecule has 1 aliphatic heterocycles. The maximum Gasteiger partial charge on any atom is 0.306 e. The van der Waals surface area contributed by atoms with Crippen molar-refractivity contribution in [2.24, 2.45) is 5.92 Å². The van der Waals surface area contributed by atoms with Crippen LogP contribution in [0.5, 0.6) is 5.75 Å². The van der Waals surface area contributed by atoms with Crippen LogP contribution in [0.15, 0.2) is 41.8 Å². The zero-order valence-electron chi connectivity index (χ0n) is 21.1. The summed E-state index contributed by atoms with van der Waals surface area (Å²) >= 11 is 1.56. The second-order valence-corrected chi connectivity index (χ2v) is 10.9. The van der Waals surface area contributed by atoms with Gasteiger partial charge in [-0.15, -0.1) is 11.3 Å². The van der Waals surface area contributed by atoms with E-state index in [0.717, 1.165) is 56.3 Å². The molecular formula is C29H33FN2O4S. The van der Waals surface area contributed by atoms with Crippen molar-refractivity contribution in [3.8, 4) is 17.0 Å². The molecule has 0 unspecified atom stereocenters. The highest BCUT2D eigenvalue weighted by atomic mass is 32.1. The normalized spacial score (nSPS) is 20.6. The van der Waals surface area contributed by atoms with Gasteiger partial charge in [-0.05, 0) is 67.5 Å². The number of aryl methyl sites for hydroxylation is 1. The van der Waals surface area contributed by atoms with E-state index in [9.17, 15) is 14.3 Å². The van der Waals surface area contributed by atoms with Crippen molar-refractivity contribution >= 4 is 17.3 Å². The number of ether oxygens (including phenoxy) is 2. The number of thiazole rings is 1. The molecule has 37 heavy (non-hydrogen) atoms. The second kappa shape index (κ2) is 11.7. The van der Waals surface area contributed by atoms with E-state index in [1.165, 1.54) is 23.3 Å². The van der Waals surface area contributed by atoms with E-state index in [1.54, 1.807) is 17.4 Å². The molecule has 0 spiro atoms. The van der Waals surface area contributed by atoms with Gasteiger partial charge in [-0.3, -0.25) is 9.69 Å². The quantitative estimate of drug-likeness (QED) is 0.388. The first-order chi connectivity index (χ1) is 18.0. The van der Waals surface area contributed by atoms with Crippen molar-refractivity contribution in [3.05, 3.63) is 69.3 Å². The summed E-state index contributed by atoms with van der Waals surface area (Å²) in [5.74, 6) is -0.435. The molecule has 2 fully saturated rings. The average Bonchev–Trinajstić information content (AvgIpc) is 3.40. The summed E-state index contributed by atoms with van der Waals surface area (Å²) in [6, 6.07) is 11.0. The van der Waals surface area contributed by atoms with Gasteiger partial charge in [-0.1, -0.05) is 18.2 Å². The highest BCUT2D eigenvalue weighted by Gasteiger charge is 2.28. The fraction of sp³-hybridized carbons (Fsp3) is 0.448. The highest BCUT2D eigenvalue weighted by molar-refractivity contribution is 7.10. The highest BCUT2D eigenvalue weighted by Crippen LogP contribution is 2.40. The van der Waals surface area contributed by atoms with Gasteiger partial charge < -0.3 is 14.6 Å². The van der Waals surface area contributed by atoms with E-state index in [0.29, 0.717) is 36.5 Å². The van der Waals surface area contributed by atoms with Crippen LogP contribution in [0.3, 0.4) is 0 Å². The minimum atomic E-state index is -0.707. The zero-order chi connectivity index (χ0) is 25.8. The lowest BCUT2D eigenvalue weighted by molar-refractivity contribution is -0.142. The summed E-state index contributed by atoms with van der Waals surface area (Å²) in [6.07, 6.45) is 2.98. The Labute approximate surface area is 221 Å². The third-order valence-electron chi connectivity index (χ3n) is 7.47. The topological polar surface area (TPSA) is 71.9 Å². The van der Waals surface area contributed by atoms with Gasteiger partial charge in [0.2, 0.25) is 0 Å². The minimum absolute atomic E-state index is 0.254. The summed E-state index contributed by atoms with van der Waals surface area (Å²) < 4.78 is 25.9. The van der Waals surface area contributed by atoms with Crippen molar-refractivity contribution in [1.82, 2.24) is 9.88 Å². The molecule has 1 saturated heterocycles. The van der Waals surface area contributed by atoms with Gasteiger partial charge in [0.05, 0.1) is 29.8 Å². The molecular weight excluding hydrogens is 491 g/mol. The molecule has 3 aromatic rings. The maximum atomic E-state index is 14.2. The lowest BCUT2D eigenvalue weighted by Crippen LogP contribution is -2.35. The Bertz CT molecular complexity index is 1230. The van der Waals surface area contributed by atoms with Crippen molar-refractivity contribution in [2.45, 2.75) is 51.7 Å². The molecule has 0 radical (unpaired) electrons. The third-order valence-corrected chi connectivity index (χ3v) is 8.47. The molecule has 6 nitrogen and oxygen atoms in total. The first-order valence-corrected chi connectivity index (χ1v) is 13.8. The average molecular weight is 525 g/mol. The SMILES string of the molecule is Cc1cc(CN2CCOCC2)ccc1COc1ccc(F)cc1-c1csc(C2CCC(C(=O)O)CC2)n1. The molecule has 0 amide bonds. The van der Waals surface area contributed by atoms with E-state index in [2.05, 4.69) is 30.0 Å². The van der Waals surface area contributed by atoms with Crippen LogP contribution in [-0.2, 0) is 22.7 Å². The molecule has 0 atom stereocenters. The molecule has 5 rings (SSSR count). The molecule has 196 valence electrons. The van der Waals surface area contributed by atoms with E-state index in [-0.39, 0.29) is 17.7 Å². The van der Waals surface area contributed by atoms with Gasteiger partial charge in [0, 0.05) is 36.5 Å². The monoisotopic (exact) mass is 524 g/mol. The van der Waals surface area contributed by atoms with E-state index < -0.39 is 5.97 Å². The second-order valence-electron chi connectivity index (χ2n) is 10.0. The fourth-order valence-corrected chi connectivity index (χ4v) is 6.20. The molecule has 1 saturated carbocycles. The van der Waals surface area contributed by atoms with Gasteiger partial charge in [-0.25, -0.2) is 9.37 Å². The summed E-state index contributed by atoms with van der Waals surface area (Å²) in [5, 5.41) is 12.2. The van der Waals surface area contributed by atoms with Gasteiger partial charge in [-0.2, -0.15) is 0 Å². The van der Waals surface area contributed by atoms with E-state index in [4.69, 9.17) is 14.5 Å². The number of hydrogen-bond acceptors (Lipinski definition) is 6. The Morgan fingerprint density at radius 3 is 2.68 bits per heavy atom. The van der Waals surface area contributed by atoms with Crippen LogP contribution in [0.2, 0.25) is 0 Å². The summed E-state index contributed by atoms with van der Waals surface area (Å²) in [7, 11) is 0. The van der Waals surface area contributed by atoms with E-state index >= 15 is 0 Å². The van der Waals surface area contributed by atoms with Crippen LogP contribution in [0.1, 0.15) is 53.3 Å². The third kappa shape index (κ3) is 6.37. The lowest BCUT2D eigenvalue weighted by atomic mass is 9.82. The maximum absolute atomic E-state index is 14.2. The van der Waals surface area contributed by atoms with Crippen LogP contribution in [-0.4, -0.2) is 47.3 Å². The molecule has 1 N–H and O–H groups in total. The van der Waals surface area contributed by atoms with Gasteiger partial charge in [0.25, 0.3) is 0 Å². The van der Waals surface area contributed by atoms with Crippen LogP contribution in [0.4, 0.5) is 4.39 Å². The summed E-state index contributed by atoms with van der Waals surface area (Å²) in [4.78, 5) is 18.5. The van der Waals surface area contributed by atoms with Crippen molar-refractivity contribution in [2.75, 3.05) is 26.3 Å². The zero-order valence-corrected chi connectivity index (χ0v) is 21.9. The van der Waals surface area contributed by atoms with Crippen molar-refractivity contribution in [1.29, 1.82) is 0 Å².